The lowest BCUT2D eigenvalue weighted by Crippen LogP contribution is -2.26. The van der Waals surface area contributed by atoms with E-state index in [1.165, 1.54) is 41.7 Å². The number of para-hydroxylation sites is 1. The Bertz CT molecular complexity index is 1130. The van der Waals surface area contributed by atoms with Crippen molar-refractivity contribution in [3.8, 4) is 6.07 Å². The van der Waals surface area contributed by atoms with Crippen LogP contribution < -0.4 is 9.62 Å². The normalized spacial score (nSPS) is 10.9. The molecule has 0 aliphatic heterocycles. The molecule has 7 heteroatoms. The number of hydrogen-bond donors (Lipinski definition) is 1. The van der Waals surface area contributed by atoms with Crippen LogP contribution in [0.25, 0.3) is 0 Å². The van der Waals surface area contributed by atoms with Crippen LogP contribution in [0, 0.1) is 17.1 Å². The van der Waals surface area contributed by atoms with Gasteiger partial charge in [-0.2, -0.15) is 5.26 Å². The van der Waals surface area contributed by atoms with Crippen molar-refractivity contribution in [3.63, 3.8) is 0 Å². The van der Waals surface area contributed by atoms with E-state index in [2.05, 4.69) is 5.32 Å². The summed E-state index contributed by atoms with van der Waals surface area (Å²) in [6, 6.07) is 21.2. The first-order chi connectivity index (χ1) is 13.4. The standard InChI is InChI=1S/C21H18FN3O2S/c1-25(19-7-3-2-4-8-19)28(26,27)20-9-5-6-18(13-20)24-15-17-12-16(14-23)10-11-21(17)22/h2-13,24H,15H2,1H3. The molecule has 3 aromatic rings. The predicted molar refractivity (Wildman–Crippen MR) is 107 cm³/mol. The summed E-state index contributed by atoms with van der Waals surface area (Å²) in [7, 11) is -2.25. The summed E-state index contributed by atoms with van der Waals surface area (Å²) >= 11 is 0. The van der Waals surface area contributed by atoms with Gasteiger partial charge in [-0.1, -0.05) is 24.3 Å². The third kappa shape index (κ3) is 4.13. The van der Waals surface area contributed by atoms with Gasteiger partial charge in [-0.25, -0.2) is 12.8 Å². The minimum absolute atomic E-state index is 0.120. The van der Waals surface area contributed by atoms with E-state index in [1.807, 2.05) is 12.1 Å². The highest BCUT2D eigenvalue weighted by atomic mass is 32.2. The minimum atomic E-state index is -3.74. The Hall–Kier alpha value is -3.37. The van der Waals surface area contributed by atoms with Gasteiger partial charge in [0.1, 0.15) is 5.82 Å². The van der Waals surface area contributed by atoms with E-state index in [-0.39, 0.29) is 11.4 Å². The molecular formula is C21H18FN3O2S. The number of benzene rings is 3. The van der Waals surface area contributed by atoms with Crippen LogP contribution in [0.15, 0.2) is 77.7 Å². The Morgan fingerprint density at radius 3 is 2.50 bits per heavy atom. The van der Waals surface area contributed by atoms with Gasteiger partial charge in [0.05, 0.1) is 22.2 Å². The molecule has 0 amide bonds. The fourth-order valence-electron chi connectivity index (χ4n) is 2.68. The molecule has 0 aliphatic rings. The van der Waals surface area contributed by atoms with Gasteiger partial charge in [0, 0.05) is 24.8 Å². The fourth-order valence-corrected chi connectivity index (χ4v) is 3.92. The first-order valence-corrected chi connectivity index (χ1v) is 9.92. The average molecular weight is 395 g/mol. The molecule has 0 unspecified atom stereocenters. The summed E-state index contributed by atoms with van der Waals surface area (Å²) in [5.74, 6) is -0.431. The van der Waals surface area contributed by atoms with Crippen molar-refractivity contribution < 1.29 is 12.8 Å². The number of halogens is 1. The lowest BCUT2D eigenvalue weighted by atomic mass is 10.1. The van der Waals surface area contributed by atoms with Crippen molar-refractivity contribution in [2.75, 3.05) is 16.7 Å². The Morgan fingerprint density at radius 1 is 1.04 bits per heavy atom. The van der Waals surface area contributed by atoms with Crippen LogP contribution in [-0.4, -0.2) is 15.5 Å². The maximum Gasteiger partial charge on any atom is 0.264 e. The molecule has 0 atom stereocenters. The second-order valence-electron chi connectivity index (χ2n) is 6.11. The molecule has 0 saturated heterocycles. The predicted octanol–water partition coefficient (Wildman–Crippen LogP) is 4.13. The second-order valence-corrected chi connectivity index (χ2v) is 8.08. The molecular weight excluding hydrogens is 377 g/mol. The lowest BCUT2D eigenvalue weighted by molar-refractivity contribution is 0.594. The third-order valence-corrected chi connectivity index (χ3v) is 6.05. The smallest absolute Gasteiger partial charge is 0.264 e. The molecule has 0 radical (unpaired) electrons. The van der Waals surface area contributed by atoms with Crippen molar-refractivity contribution in [1.29, 1.82) is 5.26 Å². The van der Waals surface area contributed by atoms with E-state index in [0.717, 1.165) is 0 Å². The Morgan fingerprint density at radius 2 is 1.79 bits per heavy atom. The van der Waals surface area contributed by atoms with Crippen molar-refractivity contribution in [3.05, 3.63) is 89.7 Å². The van der Waals surface area contributed by atoms with Crippen molar-refractivity contribution in [1.82, 2.24) is 0 Å². The molecule has 0 aromatic heterocycles. The zero-order valence-corrected chi connectivity index (χ0v) is 15.9. The van der Waals surface area contributed by atoms with Crippen LogP contribution in [0.2, 0.25) is 0 Å². The number of nitriles is 1. The van der Waals surface area contributed by atoms with Crippen LogP contribution in [0.3, 0.4) is 0 Å². The third-order valence-electron chi connectivity index (χ3n) is 4.27. The molecule has 0 bridgehead atoms. The zero-order chi connectivity index (χ0) is 20.1. The lowest BCUT2D eigenvalue weighted by Gasteiger charge is -2.20. The number of nitrogens with zero attached hydrogens (tertiary/aromatic N) is 2. The van der Waals surface area contributed by atoms with Gasteiger partial charge in [-0.3, -0.25) is 4.31 Å². The molecule has 0 saturated carbocycles. The van der Waals surface area contributed by atoms with Gasteiger partial charge in [0.15, 0.2) is 0 Å². The van der Waals surface area contributed by atoms with Crippen LogP contribution in [0.1, 0.15) is 11.1 Å². The Labute approximate surface area is 163 Å². The molecule has 0 fully saturated rings. The number of hydrogen-bond acceptors (Lipinski definition) is 4. The highest BCUT2D eigenvalue weighted by Gasteiger charge is 2.21. The maximum atomic E-state index is 13.9. The van der Waals surface area contributed by atoms with Gasteiger partial charge in [0.25, 0.3) is 10.0 Å². The Kier molecular flexibility index (Phi) is 5.62. The van der Waals surface area contributed by atoms with Gasteiger partial charge >= 0.3 is 0 Å². The van der Waals surface area contributed by atoms with Crippen LogP contribution >= 0.6 is 0 Å². The summed E-state index contributed by atoms with van der Waals surface area (Å²) in [6.07, 6.45) is 0. The van der Waals surface area contributed by atoms with Crippen LogP contribution in [-0.2, 0) is 16.6 Å². The Balaban J connectivity index is 1.82. The molecule has 142 valence electrons. The summed E-state index contributed by atoms with van der Waals surface area (Å²) < 4.78 is 40.9. The van der Waals surface area contributed by atoms with Crippen LogP contribution in [0.4, 0.5) is 15.8 Å². The maximum absolute atomic E-state index is 13.9. The molecule has 1 N–H and O–H groups in total. The number of sulfonamides is 1. The molecule has 3 rings (SSSR count). The topological polar surface area (TPSA) is 73.2 Å². The van der Waals surface area contributed by atoms with Crippen molar-refractivity contribution in [2.24, 2.45) is 0 Å². The minimum Gasteiger partial charge on any atom is -0.381 e. The van der Waals surface area contributed by atoms with Gasteiger partial charge in [0.2, 0.25) is 0 Å². The monoisotopic (exact) mass is 395 g/mol. The second kappa shape index (κ2) is 8.11. The largest absolute Gasteiger partial charge is 0.381 e. The molecule has 3 aromatic carbocycles. The number of anilines is 2. The first kappa shape index (κ1) is 19.4. The van der Waals surface area contributed by atoms with Crippen molar-refractivity contribution >= 4 is 21.4 Å². The molecule has 0 heterocycles. The summed E-state index contributed by atoms with van der Waals surface area (Å²) in [5.41, 5.74) is 1.77. The first-order valence-electron chi connectivity index (χ1n) is 8.48. The highest BCUT2D eigenvalue weighted by molar-refractivity contribution is 7.92. The molecule has 0 spiro atoms. The van der Waals surface area contributed by atoms with Gasteiger partial charge in [-0.15, -0.1) is 0 Å². The van der Waals surface area contributed by atoms with E-state index < -0.39 is 15.8 Å². The van der Waals surface area contributed by atoms with Gasteiger partial charge < -0.3 is 5.32 Å². The van der Waals surface area contributed by atoms with Crippen molar-refractivity contribution in [2.45, 2.75) is 11.4 Å². The fraction of sp³-hybridized carbons (Fsp3) is 0.0952. The van der Waals surface area contributed by atoms with E-state index in [9.17, 15) is 12.8 Å². The van der Waals surface area contributed by atoms with E-state index in [0.29, 0.717) is 22.5 Å². The summed E-state index contributed by atoms with van der Waals surface area (Å²) in [5, 5.41) is 12.0. The molecule has 5 nitrogen and oxygen atoms in total. The zero-order valence-electron chi connectivity index (χ0n) is 15.1. The van der Waals surface area contributed by atoms with E-state index in [1.54, 1.807) is 36.4 Å². The van der Waals surface area contributed by atoms with Crippen LogP contribution in [0.5, 0.6) is 0 Å². The van der Waals surface area contributed by atoms with E-state index in [4.69, 9.17) is 5.26 Å². The summed E-state index contributed by atoms with van der Waals surface area (Å²) in [4.78, 5) is 0.120. The number of rotatable bonds is 6. The molecule has 0 aliphatic carbocycles. The molecule has 28 heavy (non-hydrogen) atoms. The quantitative estimate of drug-likeness (QED) is 0.681. The number of nitrogens with one attached hydrogen (secondary N) is 1. The average Bonchev–Trinajstić information content (AvgIpc) is 2.73. The van der Waals surface area contributed by atoms with Gasteiger partial charge in [-0.05, 0) is 48.5 Å². The van der Waals surface area contributed by atoms with E-state index >= 15 is 0 Å². The summed E-state index contributed by atoms with van der Waals surface area (Å²) in [6.45, 7) is 0.124. The highest BCUT2D eigenvalue weighted by Crippen LogP contribution is 2.24. The SMILES string of the molecule is CN(c1ccccc1)S(=O)(=O)c1cccc(NCc2cc(C#N)ccc2F)c1.